The fourth-order valence-corrected chi connectivity index (χ4v) is 2.81. The minimum Gasteiger partial charge on any atom is -0.457 e. The maximum absolute atomic E-state index is 12.5. The van der Waals surface area contributed by atoms with Crippen LogP contribution in [0.25, 0.3) is 11.3 Å². The molecule has 4 aromatic rings. The van der Waals surface area contributed by atoms with E-state index >= 15 is 0 Å². The van der Waals surface area contributed by atoms with E-state index < -0.39 is 5.91 Å². The van der Waals surface area contributed by atoms with Crippen LogP contribution in [-0.4, -0.2) is 20.4 Å². The van der Waals surface area contributed by atoms with Gasteiger partial charge in [0.1, 0.15) is 17.2 Å². The summed E-state index contributed by atoms with van der Waals surface area (Å²) in [6.45, 7) is 0. The molecular weight excluding hydrogens is 368 g/mol. The van der Waals surface area contributed by atoms with Gasteiger partial charge in [-0.05, 0) is 36.4 Å². The van der Waals surface area contributed by atoms with E-state index in [0.717, 1.165) is 11.3 Å². The highest BCUT2D eigenvalue weighted by atomic mass is 16.5. The van der Waals surface area contributed by atoms with Crippen LogP contribution >= 0.6 is 0 Å². The molecule has 0 saturated heterocycles. The first kappa shape index (κ1) is 18.2. The van der Waals surface area contributed by atoms with Crippen LogP contribution in [0.2, 0.25) is 0 Å². The second-order valence-corrected chi connectivity index (χ2v) is 6.38. The number of imidazole rings is 1. The Hall–Kier alpha value is -4.13. The Bertz CT molecular complexity index is 1210. The van der Waals surface area contributed by atoms with Crippen LogP contribution in [0.3, 0.4) is 0 Å². The van der Waals surface area contributed by atoms with Crippen LogP contribution in [0, 0.1) is 0 Å². The standard InChI is InChI=1S/C22H18N4O3/c1-26-12-6-11-18(22(26)28)25-21(27)20-23-14-19(24-20)15-7-5-10-17(13-15)29-16-8-3-2-4-9-16/h2-14H,1H3,(H,23,24)(H,25,27). The van der Waals surface area contributed by atoms with Gasteiger partial charge in [0.05, 0.1) is 11.9 Å². The molecule has 0 bridgehead atoms. The summed E-state index contributed by atoms with van der Waals surface area (Å²) >= 11 is 0. The van der Waals surface area contributed by atoms with Crippen molar-refractivity contribution in [2.75, 3.05) is 5.32 Å². The third kappa shape index (κ3) is 4.08. The number of aryl methyl sites for hydroxylation is 1. The Labute approximate surface area is 166 Å². The van der Waals surface area contributed by atoms with Crippen molar-refractivity contribution < 1.29 is 9.53 Å². The predicted molar refractivity (Wildman–Crippen MR) is 110 cm³/mol. The van der Waals surface area contributed by atoms with Gasteiger partial charge in [-0.2, -0.15) is 0 Å². The zero-order valence-electron chi connectivity index (χ0n) is 15.6. The smallest absolute Gasteiger partial charge is 0.291 e. The van der Waals surface area contributed by atoms with Crippen LogP contribution in [0.4, 0.5) is 5.69 Å². The molecule has 29 heavy (non-hydrogen) atoms. The number of ether oxygens (including phenoxy) is 1. The number of aromatic nitrogens is 3. The molecule has 0 spiro atoms. The molecule has 2 heterocycles. The average molecular weight is 386 g/mol. The molecule has 0 saturated carbocycles. The third-order valence-corrected chi connectivity index (χ3v) is 4.29. The number of benzene rings is 2. The minimum atomic E-state index is -0.490. The molecule has 2 aromatic heterocycles. The Balaban J connectivity index is 1.53. The maximum Gasteiger partial charge on any atom is 0.291 e. The van der Waals surface area contributed by atoms with Gasteiger partial charge in [0.25, 0.3) is 11.5 Å². The molecule has 0 unspecified atom stereocenters. The van der Waals surface area contributed by atoms with Crippen molar-refractivity contribution in [3.63, 3.8) is 0 Å². The van der Waals surface area contributed by atoms with Crippen LogP contribution in [-0.2, 0) is 7.05 Å². The highest BCUT2D eigenvalue weighted by Crippen LogP contribution is 2.26. The largest absolute Gasteiger partial charge is 0.457 e. The lowest BCUT2D eigenvalue weighted by molar-refractivity contribution is 0.101. The summed E-state index contributed by atoms with van der Waals surface area (Å²) in [5.74, 6) is 1.03. The molecule has 7 heteroatoms. The SMILES string of the molecule is Cn1cccc(NC(=O)c2ncc(-c3cccc(Oc4ccccc4)c3)[nH]2)c1=O. The van der Waals surface area contributed by atoms with Gasteiger partial charge in [0.15, 0.2) is 5.82 Å². The van der Waals surface area contributed by atoms with Crippen molar-refractivity contribution >= 4 is 11.6 Å². The van der Waals surface area contributed by atoms with Gasteiger partial charge >= 0.3 is 0 Å². The van der Waals surface area contributed by atoms with Crippen LogP contribution in [0.5, 0.6) is 11.5 Å². The lowest BCUT2D eigenvalue weighted by Crippen LogP contribution is -2.24. The Morgan fingerprint density at radius 1 is 1.03 bits per heavy atom. The van der Waals surface area contributed by atoms with Gasteiger partial charge in [0.2, 0.25) is 0 Å². The second-order valence-electron chi connectivity index (χ2n) is 6.38. The summed E-state index contributed by atoms with van der Waals surface area (Å²) in [4.78, 5) is 31.6. The number of rotatable bonds is 5. The summed E-state index contributed by atoms with van der Waals surface area (Å²) in [6, 6.07) is 20.2. The molecule has 144 valence electrons. The number of carbonyl (C=O) groups is 1. The van der Waals surface area contributed by atoms with Crippen LogP contribution in [0.1, 0.15) is 10.6 Å². The van der Waals surface area contributed by atoms with Crippen molar-refractivity contribution in [2.45, 2.75) is 0 Å². The van der Waals surface area contributed by atoms with Gasteiger partial charge in [-0.1, -0.05) is 30.3 Å². The number of nitrogens with one attached hydrogen (secondary N) is 2. The Morgan fingerprint density at radius 2 is 1.83 bits per heavy atom. The monoisotopic (exact) mass is 386 g/mol. The number of anilines is 1. The quantitative estimate of drug-likeness (QED) is 0.546. The first-order valence-corrected chi connectivity index (χ1v) is 8.95. The number of carbonyl (C=O) groups excluding carboxylic acids is 1. The topological polar surface area (TPSA) is 89.0 Å². The van der Waals surface area contributed by atoms with Gasteiger partial charge in [-0.3, -0.25) is 9.59 Å². The molecule has 2 N–H and O–H groups in total. The van der Waals surface area contributed by atoms with Crippen molar-refractivity contribution in [3.05, 3.63) is 95.3 Å². The van der Waals surface area contributed by atoms with E-state index in [1.807, 2.05) is 54.6 Å². The van der Waals surface area contributed by atoms with E-state index in [1.165, 1.54) is 4.57 Å². The number of pyridine rings is 1. The normalized spacial score (nSPS) is 10.5. The molecule has 7 nitrogen and oxygen atoms in total. The summed E-state index contributed by atoms with van der Waals surface area (Å²) in [7, 11) is 1.62. The highest BCUT2D eigenvalue weighted by Gasteiger charge is 2.14. The maximum atomic E-state index is 12.5. The molecule has 0 aliphatic heterocycles. The van der Waals surface area contributed by atoms with Gasteiger partial charge in [0, 0.05) is 18.8 Å². The number of H-pyrrole nitrogens is 1. The molecule has 0 aliphatic rings. The van der Waals surface area contributed by atoms with E-state index in [2.05, 4.69) is 15.3 Å². The van der Waals surface area contributed by atoms with E-state index in [9.17, 15) is 9.59 Å². The van der Waals surface area contributed by atoms with Crippen LogP contribution < -0.4 is 15.6 Å². The summed E-state index contributed by atoms with van der Waals surface area (Å²) in [5, 5.41) is 2.59. The van der Waals surface area contributed by atoms with E-state index in [4.69, 9.17) is 4.74 Å². The molecule has 0 fully saturated rings. The lowest BCUT2D eigenvalue weighted by atomic mass is 10.1. The number of hydrogen-bond donors (Lipinski definition) is 2. The van der Waals surface area contributed by atoms with Gasteiger partial charge < -0.3 is 19.6 Å². The number of nitrogens with zero attached hydrogens (tertiary/aromatic N) is 2. The van der Waals surface area contributed by atoms with Gasteiger partial charge in [-0.25, -0.2) is 4.98 Å². The second kappa shape index (κ2) is 7.85. The molecule has 0 radical (unpaired) electrons. The first-order chi connectivity index (χ1) is 14.1. The summed E-state index contributed by atoms with van der Waals surface area (Å²) in [5.41, 5.74) is 1.38. The zero-order valence-corrected chi connectivity index (χ0v) is 15.6. The molecule has 0 atom stereocenters. The molecule has 0 aliphatic carbocycles. The molecule has 1 amide bonds. The summed E-state index contributed by atoms with van der Waals surface area (Å²) in [6.07, 6.45) is 3.19. The molecule has 4 rings (SSSR count). The van der Waals surface area contributed by atoms with Crippen molar-refractivity contribution in [3.8, 4) is 22.8 Å². The summed E-state index contributed by atoms with van der Waals surface area (Å²) < 4.78 is 7.24. The Morgan fingerprint density at radius 3 is 2.66 bits per heavy atom. The number of aromatic amines is 1. The fourth-order valence-electron chi connectivity index (χ4n) is 2.81. The minimum absolute atomic E-state index is 0.111. The van der Waals surface area contributed by atoms with Crippen molar-refractivity contribution in [1.82, 2.24) is 14.5 Å². The first-order valence-electron chi connectivity index (χ1n) is 8.95. The third-order valence-electron chi connectivity index (χ3n) is 4.29. The van der Waals surface area contributed by atoms with E-state index in [-0.39, 0.29) is 17.1 Å². The number of para-hydroxylation sites is 1. The number of hydrogen-bond acceptors (Lipinski definition) is 4. The van der Waals surface area contributed by atoms with Gasteiger partial charge in [-0.15, -0.1) is 0 Å². The molecular formula is C22H18N4O3. The van der Waals surface area contributed by atoms with E-state index in [1.54, 1.807) is 31.6 Å². The highest BCUT2D eigenvalue weighted by molar-refractivity contribution is 6.01. The van der Waals surface area contributed by atoms with E-state index in [0.29, 0.717) is 11.4 Å². The average Bonchev–Trinajstić information content (AvgIpc) is 3.23. The molecule has 2 aromatic carbocycles. The zero-order chi connectivity index (χ0) is 20.2. The lowest BCUT2D eigenvalue weighted by Gasteiger charge is -2.07. The van der Waals surface area contributed by atoms with Crippen LogP contribution in [0.15, 0.2) is 83.9 Å². The number of amides is 1. The van der Waals surface area contributed by atoms with Crippen molar-refractivity contribution in [1.29, 1.82) is 0 Å². The van der Waals surface area contributed by atoms with Crippen molar-refractivity contribution in [2.24, 2.45) is 7.05 Å². The fraction of sp³-hybridized carbons (Fsp3) is 0.0455. The predicted octanol–water partition coefficient (Wildman–Crippen LogP) is 3.82. The Kier molecular flexibility index (Phi) is 4.94.